The maximum atomic E-state index is 13.3. The molecule has 10 heteroatoms. The van der Waals surface area contributed by atoms with Crippen LogP contribution in [0.15, 0.2) is 76.2 Å². The number of anilines is 3. The van der Waals surface area contributed by atoms with E-state index in [-0.39, 0.29) is 35.2 Å². The van der Waals surface area contributed by atoms with Gasteiger partial charge in [-0.05, 0) is 42.5 Å². The van der Waals surface area contributed by atoms with E-state index in [2.05, 4.69) is 10.6 Å². The average molecular weight is 468 g/mol. The molecular formula is C23H21N3O6S. The number of hydrogen-bond acceptors (Lipinski definition) is 6. The summed E-state index contributed by atoms with van der Waals surface area (Å²) in [5, 5.41) is 4.12. The molecular weight excluding hydrogens is 446 g/mol. The van der Waals surface area contributed by atoms with Crippen molar-refractivity contribution in [1.29, 1.82) is 0 Å². The highest BCUT2D eigenvalue weighted by Crippen LogP contribution is 2.40. The monoisotopic (exact) mass is 467 g/mol. The Kier molecular flexibility index (Phi) is 6.01. The molecule has 1 aromatic heterocycles. The number of nitrogens with one attached hydrogen (secondary N) is 2. The summed E-state index contributed by atoms with van der Waals surface area (Å²) < 4.78 is 32.0. The number of amides is 3. The van der Waals surface area contributed by atoms with Crippen molar-refractivity contribution >= 4 is 44.6 Å². The number of carbonyl (C=O) groups excluding carboxylic acids is 3. The van der Waals surface area contributed by atoms with Crippen LogP contribution in [-0.2, 0) is 24.2 Å². The van der Waals surface area contributed by atoms with E-state index in [4.69, 9.17) is 4.42 Å². The van der Waals surface area contributed by atoms with Crippen molar-refractivity contribution in [2.24, 2.45) is 0 Å². The predicted molar refractivity (Wildman–Crippen MR) is 121 cm³/mol. The van der Waals surface area contributed by atoms with Gasteiger partial charge in [-0.25, -0.2) is 8.42 Å². The van der Waals surface area contributed by atoms with Gasteiger partial charge in [-0.2, -0.15) is 0 Å². The third-order valence-electron chi connectivity index (χ3n) is 5.13. The van der Waals surface area contributed by atoms with Crippen LogP contribution in [0.25, 0.3) is 0 Å². The normalized spacial score (nSPS) is 17.1. The van der Waals surface area contributed by atoms with Crippen LogP contribution in [0.4, 0.5) is 17.1 Å². The van der Waals surface area contributed by atoms with Gasteiger partial charge in [0.05, 0.1) is 23.3 Å². The molecule has 0 saturated carbocycles. The molecule has 0 spiro atoms. The Bertz CT molecular complexity index is 1320. The second-order valence-electron chi connectivity index (χ2n) is 7.51. The van der Waals surface area contributed by atoms with Crippen molar-refractivity contribution in [2.45, 2.75) is 23.5 Å². The molecule has 0 radical (unpaired) electrons. The van der Waals surface area contributed by atoms with Gasteiger partial charge < -0.3 is 20.0 Å². The van der Waals surface area contributed by atoms with Crippen LogP contribution < -0.4 is 15.5 Å². The van der Waals surface area contributed by atoms with Crippen LogP contribution >= 0.6 is 0 Å². The Morgan fingerprint density at radius 1 is 1.03 bits per heavy atom. The fraction of sp³-hybridized carbons (Fsp3) is 0.174. The van der Waals surface area contributed by atoms with Gasteiger partial charge in [0.2, 0.25) is 17.7 Å². The van der Waals surface area contributed by atoms with E-state index in [0.29, 0.717) is 11.4 Å². The van der Waals surface area contributed by atoms with Gasteiger partial charge in [0.1, 0.15) is 17.6 Å². The van der Waals surface area contributed by atoms with Crippen LogP contribution in [0.3, 0.4) is 0 Å². The highest BCUT2D eigenvalue weighted by atomic mass is 32.2. The molecule has 2 N–H and O–H groups in total. The summed E-state index contributed by atoms with van der Waals surface area (Å²) >= 11 is 0. The molecule has 1 aliphatic rings. The average Bonchev–Trinajstić information content (AvgIpc) is 3.27. The van der Waals surface area contributed by atoms with Crippen LogP contribution in [0.5, 0.6) is 0 Å². The van der Waals surface area contributed by atoms with E-state index in [1.807, 2.05) is 0 Å². The third-order valence-corrected chi connectivity index (χ3v) is 7.23. The molecule has 2 aromatic carbocycles. The van der Waals surface area contributed by atoms with Gasteiger partial charge in [-0.1, -0.05) is 18.2 Å². The van der Waals surface area contributed by atoms with E-state index in [1.54, 1.807) is 42.5 Å². The number of carbonyl (C=O) groups is 3. The lowest BCUT2D eigenvalue weighted by atomic mass is 10.2. The number of hydrogen-bond donors (Lipinski definition) is 2. The molecule has 33 heavy (non-hydrogen) atoms. The van der Waals surface area contributed by atoms with E-state index >= 15 is 0 Å². The minimum atomic E-state index is -3.95. The summed E-state index contributed by atoms with van der Waals surface area (Å²) in [6, 6.07) is 15.7. The smallest absolute Gasteiger partial charge is 0.244 e. The highest BCUT2D eigenvalue weighted by molar-refractivity contribution is 7.91. The first-order chi connectivity index (χ1) is 15.8. The van der Waals surface area contributed by atoms with Crippen molar-refractivity contribution in [3.05, 3.63) is 72.7 Å². The zero-order chi connectivity index (χ0) is 23.6. The highest BCUT2D eigenvalue weighted by Gasteiger charge is 2.41. The number of benzene rings is 2. The van der Waals surface area contributed by atoms with Gasteiger partial charge in [0.25, 0.3) is 0 Å². The maximum absolute atomic E-state index is 13.3. The summed E-state index contributed by atoms with van der Waals surface area (Å²) in [6.45, 7) is 0.984. The Balaban J connectivity index is 1.62. The largest absolute Gasteiger partial charge is 0.468 e. The van der Waals surface area contributed by atoms with Crippen molar-refractivity contribution in [3.63, 3.8) is 0 Å². The molecule has 2 heterocycles. The third kappa shape index (κ3) is 4.65. The van der Waals surface area contributed by atoms with Gasteiger partial charge in [0, 0.05) is 18.3 Å². The van der Waals surface area contributed by atoms with E-state index in [0.717, 1.165) is 0 Å². The van der Waals surface area contributed by atoms with Crippen LogP contribution in [0.1, 0.15) is 24.4 Å². The summed E-state index contributed by atoms with van der Waals surface area (Å²) in [7, 11) is -3.95. The topological polar surface area (TPSA) is 126 Å². The molecule has 0 bridgehead atoms. The fourth-order valence-corrected chi connectivity index (χ4v) is 5.56. The summed E-state index contributed by atoms with van der Waals surface area (Å²) in [4.78, 5) is 38.3. The van der Waals surface area contributed by atoms with Crippen molar-refractivity contribution in [3.8, 4) is 0 Å². The van der Waals surface area contributed by atoms with Crippen LogP contribution in [0.2, 0.25) is 0 Å². The first-order valence-corrected chi connectivity index (χ1v) is 11.6. The minimum Gasteiger partial charge on any atom is -0.468 e. The number of rotatable bonds is 5. The lowest BCUT2D eigenvalue weighted by Gasteiger charge is -2.22. The number of nitrogens with zero attached hydrogens (tertiary/aromatic N) is 1. The second-order valence-corrected chi connectivity index (χ2v) is 9.61. The van der Waals surface area contributed by atoms with Gasteiger partial charge in [0.15, 0.2) is 9.84 Å². The molecule has 0 saturated heterocycles. The van der Waals surface area contributed by atoms with Crippen LogP contribution in [-0.4, -0.2) is 32.7 Å². The molecule has 170 valence electrons. The van der Waals surface area contributed by atoms with Crippen molar-refractivity contribution in [2.75, 3.05) is 22.1 Å². The standard InChI is InChI=1S/C23H21N3O6S/c1-15(27)24-16-6-4-7-17(12-16)25-22(28)14-26-18-8-2-3-10-20(18)33(30,31)21(13-23(26)29)19-9-5-11-32-19/h2-12,21H,13-14H2,1H3,(H,24,27)(H,25,28). The number of fused-ring (bicyclic) bond motifs is 1. The lowest BCUT2D eigenvalue weighted by molar-refractivity contribution is -0.121. The summed E-state index contributed by atoms with van der Waals surface area (Å²) in [5.41, 5.74) is 1.06. The molecule has 1 unspecified atom stereocenters. The molecule has 3 aromatic rings. The Hall–Kier alpha value is -3.92. The van der Waals surface area contributed by atoms with Gasteiger partial charge in [-0.15, -0.1) is 0 Å². The maximum Gasteiger partial charge on any atom is 0.244 e. The number of furan rings is 1. The molecule has 1 aliphatic heterocycles. The first kappa shape index (κ1) is 22.3. The summed E-state index contributed by atoms with van der Waals surface area (Å²) in [6.07, 6.45) is 0.988. The second kappa shape index (κ2) is 8.91. The molecule has 0 fully saturated rings. The SMILES string of the molecule is CC(=O)Nc1cccc(NC(=O)CN2C(=O)CC(c3ccco3)S(=O)(=O)c3ccccc32)c1. The van der Waals surface area contributed by atoms with E-state index in [9.17, 15) is 22.8 Å². The van der Waals surface area contributed by atoms with Crippen LogP contribution in [0, 0.1) is 0 Å². The Morgan fingerprint density at radius 3 is 2.45 bits per heavy atom. The Labute approximate surface area is 190 Å². The number of para-hydroxylation sites is 1. The molecule has 4 rings (SSSR count). The van der Waals surface area contributed by atoms with E-state index in [1.165, 1.54) is 36.3 Å². The molecule has 3 amide bonds. The van der Waals surface area contributed by atoms with Crippen molar-refractivity contribution < 1.29 is 27.2 Å². The Morgan fingerprint density at radius 2 is 1.76 bits per heavy atom. The first-order valence-electron chi connectivity index (χ1n) is 10.1. The zero-order valence-corrected chi connectivity index (χ0v) is 18.5. The zero-order valence-electron chi connectivity index (χ0n) is 17.6. The van der Waals surface area contributed by atoms with Gasteiger partial charge in [-0.3, -0.25) is 14.4 Å². The van der Waals surface area contributed by atoms with Gasteiger partial charge >= 0.3 is 0 Å². The summed E-state index contributed by atoms with van der Waals surface area (Å²) in [5.74, 6) is -1.13. The number of sulfone groups is 1. The fourth-order valence-electron chi connectivity index (χ4n) is 3.71. The molecule has 9 nitrogen and oxygen atoms in total. The van der Waals surface area contributed by atoms with E-state index < -0.39 is 26.9 Å². The predicted octanol–water partition coefficient (Wildman–Crippen LogP) is 3.13. The minimum absolute atomic E-state index is 0.0438. The van der Waals surface area contributed by atoms with Crippen molar-refractivity contribution in [1.82, 2.24) is 0 Å². The lowest BCUT2D eigenvalue weighted by Crippen LogP contribution is -2.38. The quantitative estimate of drug-likeness (QED) is 0.594. The molecule has 1 atom stereocenters. The molecule has 0 aliphatic carbocycles.